The lowest BCUT2D eigenvalue weighted by molar-refractivity contribution is -0.384. The molecular weight excluding hydrogens is 378 g/mol. The van der Waals surface area contributed by atoms with Gasteiger partial charge in [0.15, 0.2) is 11.5 Å². The van der Waals surface area contributed by atoms with E-state index in [1.54, 1.807) is 35.2 Å². The molecule has 0 bridgehead atoms. The van der Waals surface area contributed by atoms with Crippen LogP contribution in [0.1, 0.15) is 10.4 Å². The Morgan fingerprint density at radius 3 is 2.38 bits per heavy atom. The fourth-order valence-electron chi connectivity index (χ4n) is 3.21. The molecule has 0 aliphatic carbocycles. The number of non-ortho nitro benzene ring substituents is 1. The first-order chi connectivity index (χ1) is 14.0. The molecule has 3 rings (SSSR count). The lowest BCUT2D eigenvalue weighted by atomic mass is 10.1. The summed E-state index contributed by atoms with van der Waals surface area (Å²) in [7, 11) is 1.51. The normalized spacial score (nSPS) is 13.9. The number of hydrogen-bond donors (Lipinski definition) is 1. The molecule has 29 heavy (non-hydrogen) atoms. The number of benzene rings is 2. The Labute approximate surface area is 168 Å². The van der Waals surface area contributed by atoms with E-state index in [2.05, 4.69) is 4.90 Å². The van der Waals surface area contributed by atoms with Gasteiger partial charge in [-0.05, 0) is 30.3 Å². The third-order valence-electron chi connectivity index (χ3n) is 4.75. The molecular formula is C20H23N3O6. The Morgan fingerprint density at radius 1 is 1.10 bits per heavy atom. The highest BCUT2D eigenvalue weighted by molar-refractivity contribution is 5.95. The smallest absolute Gasteiger partial charge is 0.269 e. The van der Waals surface area contributed by atoms with Crippen molar-refractivity contribution in [2.45, 2.75) is 0 Å². The fraction of sp³-hybridized carbons (Fsp3) is 0.350. The van der Waals surface area contributed by atoms with Crippen molar-refractivity contribution in [2.24, 2.45) is 0 Å². The molecule has 9 nitrogen and oxygen atoms in total. The number of methoxy groups -OCH3 is 1. The maximum absolute atomic E-state index is 12.9. The van der Waals surface area contributed by atoms with Gasteiger partial charge in [-0.1, -0.05) is 0 Å². The average molecular weight is 401 g/mol. The molecule has 1 amide bonds. The monoisotopic (exact) mass is 401 g/mol. The lowest BCUT2D eigenvalue weighted by Crippen LogP contribution is -2.48. The predicted molar refractivity (Wildman–Crippen MR) is 107 cm³/mol. The van der Waals surface area contributed by atoms with Crippen molar-refractivity contribution in [3.8, 4) is 11.5 Å². The largest absolute Gasteiger partial charge is 0.493 e. The summed E-state index contributed by atoms with van der Waals surface area (Å²) < 4.78 is 10.7. The number of aliphatic hydroxyl groups is 1. The van der Waals surface area contributed by atoms with Crippen LogP contribution >= 0.6 is 0 Å². The quantitative estimate of drug-likeness (QED) is 0.558. The van der Waals surface area contributed by atoms with E-state index in [1.807, 2.05) is 0 Å². The molecule has 154 valence electrons. The number of nitro benzene ring substituents is 1. The zero-order valence-electron chi connectivity index (χ0n) is 16.1. The second-order valence-corrected chi connectivity index (χ2v) is 6.49. The Bertz CT molecular complexity index is 863. The number of carbonyl (C=O) groups excluding carboxylic acids is 1. The van der Waals surface area contributed by atoms with Crippen molar-refractivity contribution < 1.29 is 24.3 Å². The third-order valence-corrected chi connectivity index (χ3v) is 4.75. The van der Waals surface area contributed by atoms with Gasteiger partial charge in [-0.3, -0.25) is 14.9 Å². The number of nitrogens with zero attached hydrogens (tertiary/aromatic N) is 3. The van der Waals surface area contributed by atoms with Crippen LogP contribution in [0.5, 0.6) is 11.5 Å². The molecule has 0 saturated carbocycles. The molecule has 9 heteroatoms. The molecule has 2 aromatic carbocycles. The summed E-state index contributed by atoms with van der Waals surface area (Å²) in [6.45, 7) is 2.32. The van der Waals surface area contributed by atoms with Gasteiger partial charge in [0.2, 0.25) is 0 Å². The highest BCUT2D eigenvalue weighted by Crippen LogP contribution is 2.29. The summed E-state index contributed by atoms with van der Waals surface area (Å²) in [6, 6.07) is 11.4. The molecule has 0 radical (unpaired) electrons. The van der Waals surface area contributed by atoms with E-state index < -0.39 is 4.92 Å². The number of anilines is 1. The molecule has 1 fully saturated rings. The zero-order chi connectivity index (χ0) is 20.8. The van der Waals surface area contributed by atoms with Crippen LogP contribution in [0, 0.1) is 10.1 Å². The zero-order valence-corrected chi connectivity index (χ0v) is 16.1. The van der Waals surface area contributed by atoms with E-state index in [4.69, 9.17) is 14.6 Å². The average Bonchev–Trinajstić information content (AvgIpc) is 2.77. The van der Waals surface area contributed by atoms with Gasteiger partial charge in [0, 0.05) is 49.6 Å². The Morgan fingerprint density at radius 2 is 1.79 bits per heavy atom. The number of ether oxygens (including phenoxy) is 2. The number of aliphatic hydroxyl groups excluding tert-OH is 1. The van der Waals surface area contributed by atoms with E-state index in [9.17, 15) is 14.9 Å². The minimum absolute atomic E-state index is 0.0568. The van der Waals surface area contributed by atoms with Crippen molar-refractivity contribution in [3.05, 3.63) is 58.1 Å². The summed E-state index contributed by atoms with van der Waals surface area (Å²) in [6.07, 6.45) is 0. The van der Waals surface area contributed by atoms with E-state index >= 15 is 0 Å². The van der Waals surface area contributed by atoms with Gasteiger partial charge in [0.25, 0.3) is 11.6 Å². The van der Waals surface area contributed by atoms with Gasteiger partial charge in [-0.15, -0.1) is 0 Å². The number of rotatable bonds is 7. The molecule has 1 heterocycles. The molecule has 1 aliphatic heterocycles. The topological polar surface area (TPSA) is 105 Å². The molecule has 1 aliphatic rings. The molecule has 0 unspecified atom stereocenters. The number of carbonyl (C=O) groups is 1. The van der Waals surface area contributed by atoms with Gasteiger partial charge in [-0.25, -0.2) is 0 Å². The second kappa shape index (κ2) is 9.24. The lowest BCUT2D eigenvalue weighted by Gasteiger charge is -2.36. The Hall–Kier alpha value is -3.33. The van der Waals surface area contributed by atoms with Crippen molar-refractivity contribution >= 4 is 17.3 Å². The number of amides is 1. The first-order valence-electron chi connectivity index (χ1n) is 9.24. The fourth-order valence-corrected chi connectivity index (χ4v) is 3.21. The molecule has 1 saturated heterocycles. The van der Waals surface area contributed by atoms with Crippen molar-refractivity contribution in [1.82, 2.24) is 4.90 Å². The summed E-state index contributed by atoms with van der Waals surface area (Å²) >= 11 is 0. The molecule has 2 aromatic rings. The summed E-state index contributed by atoms with van der Waals surface area (Å²) in [4.78, 5) is 27.1. The van der Waals surface area contributed by atoms with Gasteiger partial charge in [-0.2, -0.15) is 0 Å². The van der Waals surface area contributed by atoms with Gasteiger partial charge < -0.3 is 24.4 Å². The van der Waals surface area contributed by atoms with Gasteiger partial charge in [0.1, 0.15) is 6.61 Å². The Balaban J connectivity index is 1.64. The number of piperazine rings is 1. The van der Waals surface area contributed by atoms with Crippen LogP contribution < -0.4 is 14.4 Å². The van der Waals surface area contributed by atoms with Crippen LogP contribution in [0.3, 0.4) is 0 Å². The molecule has 0 atom stereocenters. The van der Waals surface area contributed by atoms with E-state index in [-0.39, 0.29) is 24.8 Å². The van der Waals surface area contributed by atoms with Crippen LogP contribution in [0.2, 0.25) is 0 Å². The maximum atomic E-state index is 12.9. The van der Waals surface area contributed by atoms with Crippen LogP contribution in [0.4, 0.5) is 11.4 Å². The summed E-state index contributed by atoms with van der Waals surface area (Å²) in [5.41, 5.74) is 1.44. The molecule has 1 N–H and O–H groups in total. The third kappa shape index (κ3) is 4.75. The van der Waals surface area contributed by atoms with Crippen LogP contribution in [-0.2, 0) is 0 Å². The summed E-state index contributed by atoms with van der Waals surface area (Å²) in [5.74, 6) is 0.805. The summed E-state index contributed by atoms with van der Waals surface area (Å²) in [5, 5.41) is 19.7. The predicted octanol–water partition coefficient (Wildman–Crippen LogP) is 1.94. The first kappa shape index (κ1) is 20.4. The first-order valence-corrected chi connectivity index (χ1v) is 9.24. The standard InChI is InChI=1S/C20H23N3O6/c1-28-18-7-2-15(14-19(18)29-13-12-24)20(25)22-10-8-21(9-11-22)16-3-5-17(6-4-16)23(26)27/h2-7,14,24H,8-13H2,1H3. The van der Waals surface area contributed by atoms with Crippen LogP contribution in [-0.4, -0.2) is 67.3 Å². The minimum atomic E-state index is -0.423. The van der Waals surface area contributed by atoms with E-state index in [1.165, 1.54) is 19.2 Å². The Kier molecular flexibility index (Phi) is 6.50. The van der Waals surface area contributed by atoms with E-state index in [0.717, 1.165) is 5.69 Å². The van der Waals surface area contributed by atoms with E-state index in [0.29, 0.717) is 43.2 Å². The second-order valence-electron chi connectivity index (χ2n) is 6.49. The minimum Gasteiger partial charge on any atom is -0.493 e. The van der Waals surface area contributed by atoms with Crippen molar-refractivity contribution in [1.29, 1.82) is 0 Å². The number of hydrogen-bond acceptors (Lipinski definition) is 7. The maximum Gasteiger partial charge on any atom is 0.269 e. The highest BCUT2D eigenvalue weighted by atomic mass is 16.6. The SMILES string of the molecule is COc1ccc(C(=O)N2CCN(c3ccc([N+](=O)[O-])cc3)CC2)cc1OCCO. The van der Waals surface area contributed by atoms with Crippen molar-refractivity contribution in [3.63, 3.8) is 0 Å². The van der Waals surface area contributed by atoms with Gasteiger partial charge >= 0.3 is 0 Å². The van der Waals surface area contributed by atoms with Crippen LogP contribution in [0.15, 0.2) is 42.5 Å². The molecule has 0 aromatic heterocycles. The highest BCUT2D eigenvalue weighted by Gasteiger charge is 2.23. The molecule has 0 spiro atoms. The van der Waals surface area contributed by atoms with Crippen molar-refractivity contribution in [2.75, 3.05) is 51.4 Å². The number of nitro groups is 1. The van der Waals surface area contributed by atoms with Gasteiger partial charge in [0.05, 0.1) is 18.6 Å². The van der Waals surface area contributed by atoms with Crippen LogP contribution in [0.25, 0.3) is 0 Å².